The Morgan fingerprint density at radius 3 is 1.88 bits per heavy atom. The molecule has 2 aliphatic carbocycles. The second-order valence-corrected chi connectivity index (χ2v) is 11.1. The Hall–Kier alpha value is -1.04. The van der Waals surface area contributed by atoms with E-state index in [9.17, 15) is 0 Å². The molecule has 0 aliphatic heterocycles. The molecule has 0 radical (unpaired) electrons. The molecule has 0 spiro atoms. The van der Waals surface area contributed by atoms with Crippen molar-refractivity contribution in [3.05, 3.63) is 41.5 Å². The van der Waals surface area contributed by atoms with Gasteiger partial charge in [0, 0.05) is 0 Å². The summed E-state index contributed by atoms with van der Waals surface area (Å²) in [6, 6.07) is 9.79. The zero-order valence-corrected chi connectivity index (χ0v) is 21.6. The minimum Gasteiger partial charge on any atom is -0.0804 e. The van der Waals surface area contributed by atoms with Gasteiger partial charge in [-0.2, -0.15) is 0 Å². The van der Waals surface area contributed by atoms with Crippen LogP contribution >= 0.6 is 0 Å². The smallest absolute Gasteiger partial charge is 0.0162 e. The summed E-state index contributed by atoms with van der Waals surface area (Å²) in [6.07, 6.45) is 29.6. The van der Waals surface area contributed by atoms with E-state index in [1.807, 2.05) is 0 Å². The van der Waals surface area contributed by atoms with Crippen LogP contribution in [0.25, 0.3) is 5.57 Å². The molecule has 0 saturated heterocycles. The van der Waals surface area contributed by atoms with Gasteiger partial charge in [0.2, 0.25) is 0 Å². The van der Waals surface area contributed by atoms with E-state index in [-0.39, 0.29) is 0 Å². The molecule has 1 aromatic rings. The van der Waals surface area contributed by atoms with Crippen LogP contribution in [0, 0.1) is 11.8 Å². The van der Waals surface area contributed by atoms with Crippen LogP contribution in [-0.2, 0) is 0 Å². The van der Waals surface area contributed by atoms with Gasteiger partial charge in [0.1, 0.15) is 0 Å². The van der Waals surface area contributed by atoms with Crippen molar-refractivity contribution in [2.45, 2.75) is 142 Å². The summed E-state index contributed by atoms with van der Waals surface area (Å²) in [4.78, 5) is 0. The van der Waals surface area contributed by atoms with Gasteiger partial charge < -0.3 is 0 Å². The number of allylic oxidation sites excluding steroid dienone is 2. The maximum absolute atomic E-state index is 2.56. The van der Waals surface area contributed by atoms with Gasteiger partial charge in [-0.3, -0.25) is 0 Å². The molecule has 0 amide bonds. The largest absolute Gasteiger partial charge is 0.0804 e. The van der Waals surface area contributed by atoms with Crippen LogP contribution < -0.4 is 0 Å². The first kappa shape index (κ1) is 25.6. The molecule has 1 fully saturated rings. The average molecular weight is 437 g/mol. The molecule has 1 atom stereocenters. The molecule has 180 valence electrons. The van der Waals surface area contributed by atoms with E-state index in [0.717, 1.165) is 17.8 Å². The molecule has 0 heteroatoms. The standard InChI is InChI=1S/C32H52/c1-3-5-7-8-9-10-12-14-28-17-21-30(22-18-28)32-25-23-31(24-26-32)29-19-15-27(16-20-29)13-11-6-4-2/h19,23-28,30H,3-18,20-22H2,1-2H3/t27?,28-,30-. The van der Waals surface area contributed by atoms with E-state index in [2.05, 4.69) is 44.2 Å². The third-order valence-electron chi connectivity index (χ3n) is 8.55. The fraction of sp³-hybridized carbons (Fsp3) is 0.750. The molecule has 0 aromatic heterocycles. The van der Waals surface area contributed by atoms with Gasteiger partial charge in [-0.25, -0.2) is 0 Å². The molecule has 0 heterocycles. The van der Waals surface area contributed by atoms with E-state index >= 15 is 0 Å². The van der Waals surface area contributed by atoms with Gasteiger partial charge in [0.25, 0.3) is 0 Å². The predicted octanol–water partition coefficient (Wildman–Crippen LogP) is 10.9. The van der Waals surface area contributed by atoms with Crippen molar-refractivity contribution in [1.82, 2.24) is 0 Å². The van der Waals surface area contributed by atoms with Crippen molar-refractivity contribution in [3.8, 4) is 0 Å². The quantitative estimate of drug-likeness (QED) is 0.254. The van der Waals surface area contributed by atoms with E-state index in [4.69, 9.17) is 0 Å². The topological polar surface area (TPSA) is 0 Å². The highest BCUT2D eigenvalue weighted by atomic mass is 14.3. The maximum Gasteiger partial charge on any atom is -0.0162 e. The molecule has 1 aromatic carbocycles. The fourth-order valence-electron chi connectivity index (χ4n) is 6.24. The Morgan fingerprint density at radius 2 is 1.22 bits per heavy atom. The first-order valence-corrected chi connectivity index (χ1v) is 14.6. The molecule has 1 saturated carbocycles. The molecular formula is C32H52. The second-order valence-electron chi connectivity index (χ2n) is 11.1. The van der Waals surface area contributed by atoms with Crippen LogP contribution in [0.4, 0.5) is 0 Å². The van der Waals surface area contributed by atoms with Gasteiger partial charge in [0.05, 0.1) is 0 Å². The van der Waals surface area contributed by atoms with Crippen LogP contribution in [0.15, 0.2) is 30.3 Å². The third kappa shape index (κ3) is 8.72. The van der Waals surface area contributed by atoms with E-state index in [1.165, 1.54) is 128 Å². The summed E-state index contributed by atoms with van der Waals surface area (Å²) in [7, 11) is 0. The fourth-order valence-corrected chi connectivity index (χ4v) is 6.24. The summed E-state index contributed by atoms with van der Waals surface area (Å²) in [5, 5.41) is 0. The summed E-state index contributed by atoms with van der Waals surface area (Å²) in [6.45, 7) is 4.62. The summed E-state index contributed by atoms with van der Waals surface area (Å²) in [5.41, 5.74) is 4.71. The maximum atomic E-state index is 2.56. The highest BCUT2D eigenvalue weighted by Crippen LogP contribution is 2.39. The SMILES string of the molecule is CCCCCCCCC[C@H]1CC[C@H](c2ccc(C3=CCC(CCCCC)CC3)cc2)CC1. The Balaban J connectivity index is 1.34. The first-order valence-electron chi connectivity index (χ1n) is 14.6. The van der Waals surface area contributed by atoms with Crippen LogP contribution in [-0.4, -0.2) is 0 Å². The molecule has 0 bridgehead atoms. The van der Waals surface area contributed by atoms with Crippen LogP contribution in [0.2, 0.25) is 0 Å². The monoisotopic (exact) mass is 436 g/mol. The van der Waals surface area contributed by atoms with Gasteiger partial charge in [-0.05, 0) is 79.4 Å². The number of hydrogen-bond acceptors (Lipinski definition) is 0. The zero-order valence-electron chi connectivity index (χ0n) is 21.6. The number of hydrogen-bond donors (Lipinski definition) is 0. The lowest BCUT2D eigenvalue weighted by atomic mass is 9.76. The number of unbranched alkanes of at least 4 members (excludes halogenated alkanes) is 8. The highest BCUT2D eigenvalue weighted by molar-refractivity contribution is 5.66. The molecule has 3 rings (SSSR count). The molecule has 2 aliphatic rings. The van der Waals surface area contributed by atoms with Crippen LogP contribution in [0.3, 0.4) is 0 Å². The normalized spacial score (nSPS) is 23.8. The number of rotatable bonds is 14. The van der Waals surface area contributed by atoms with Crippen LogP contribution in [0.5, 0.6) is 0 Å². The minimum atomic E-state index is 0.817. The van der Waals surface area contributed by atoms with E-state index in [1.54, 1.807) is 11.1 Å². The zero-order chi connectivity index (χ0) is 22.4. The third-order valence-corrected chi connectivity index (χ3v) is 8.55. The van der Waals surface area contributed by atoms with Gasteiger partial charge >= 0.3 is 0 Å². The second kappa shape index (κ2) is 15.0. The lowest BCUT2D eigenvalue weighted by Crippen LogP contribution is -2.13. The van der Waals surface area contributed by atoms with Crippen molar-refractivity contribution in [2.75, 3.05) is 0 Å². The average Bonchev–Trinajstić information content (AvgIpc) is 2.85. The van der Waals surface area contributed by atoms with Crippen molar-refractivity contribution in [1.29, 1.82) is 0 Å². The molecule has 1 unspecified atom stereocenters. The summed E-state index contributed by atoms with van der Waals surface area (Å²) >= 11 is 0. The predicted molar refractivity (Wildman–Crippen MR) is 143 cm³/mol. The van der Waals surface area contributed by atoms with Crippen LogP contribution in [0.1, 0.15) is 153 Å². The Kier molecular flexibility index (Phi) is 12.0. The summed E-state index contributed by atoms with van der Waals surface area (Å²) < 4.78 is 0. The summed E-state index contributed by atoms with van der Waals surface area (Å²) in [5.74, 6) is 2.78. The Morgan fingerprint density at radius 1 is 0.625 bits per heavy atom. The van der Waals surface area contributed by atoms with Crippen molar-refractivity contribution >= 4 is 5.57 Å². The molecule has 0 nitrogen and oxygen atoms in total. The number of benzene rings is 1. The van der Waals surface area contributed by atoms with Crippen molar-refractivity contribution in [2.24, 2.45) is 11.8 Å². The van der Waals surface area contributed by atoms with Gasteiger partial charge in [-0.1, -0.05) is 121 Å². The minimum absolute atomic E-state index is 0.817. The molecule has 32 heavy (non-hydrogen) atoms. The molecular weight excluding hydrogens is 384 g/mol. The van der Waals surface area contributed by atoms with Crippen molar-refractivity contribution < 1.29 is 0 Å². The lowest BCUT2D eigenvalue weighted by Gasteiger charge is -2.29. The lowest BCUT2D eigenvalue weighted by molar-refractivity contribution is 0.302. The Bertz CT molecular complexity index is 629. The highest BCUT2D eigenvalue weighted by Gasteiger charge is 2.22. The van der Waals surface area contributed by atoms with E-state index in [0.29, 0.717) is 0 Å². The first-order chi connectivity index (χ1) is 15.8. The van der Waals surface area contributed by atoms with Gasteiger partial charge in [0.15, 0.2) is 0 Å². The Labute approximate surface area is 200 Å². The van der Waals surface area contributed by atoms with Crippen molar-refractivity contribution in [3.63, 3.8) is 0 Å². The molecule has 0 N–H and O–H groups in total. The van der Waals surface area contributed by atoms with Gasteiger partial charge in [-0.15, -0.1) is 0 Å². The van der Waals surface area contributed by atoms with E-state index < -0.39 is 0 Å².